The van der Waals surface area contributed by atoms with E-state index in [0.717, 1.165) is 0 Å². The molecule has 1 aromatic carbocycles. The number of nitrogens with zero attached hydrogens (tertiary/aromatic N) is 2. The van der Waals surface area contributed by atoms with E-state index < -0.39 is 6.03 Å². The van der Waals surface area contributed by atoms with Gasteiger partial charge < -0.3 is 15.2 Å². The fourth-order valence-corrected chi connectivity index (χ4v) is 1.86. The Morgan fingerprint density at radius 1 is 1.53 bits per heavy atom. The Kier molecular flexibility index (Phi) is 4.14. The maximum atomic E-state index is 11.6. The smallest absolute Gasteiger partial charge is 0.321 e. The first kappa shape index (κ1) is 13.1. The normalized spacial score (nSPS) is 9.95. The Morgan fingerprint density at radius 2 is 2.37 bits per heavy atom. The number of rotatable bonds is 4. The highest BCUT2D eigenvalue weighted by atomic mass is 32.1. The molecular formula is C11H12N4O3S. The first-order chi connectivity index (χ1) is 9.20. The molecule has 0 radical (unpaired) electrons. The van der Waals surface area contributed by atoms with Crippen LogP contribution in [0.25, 0.3) is 0 Å². The van der Waals surface area contributed by atoms with Gasteiger partial charge in [0.1, 0.15) is 5.51 Å². The Morgan fingerprint density at radius 3 is 3.05 bits per heavy atom. The van der Waals surface area contributed by atoms with Gasteiger partial charge in [-0.3, -0.25) is 5.32 Å². The highest BCUT2D eigenvalue weighted by Crippen LogP contribution is 2.29. The van der Waals surface area contributed by atoms with Gasteiger partial charge in [-0.1, -0.05) is 23.5 Å². The molecule has 0 atom stereocenters. The molecule has 0 fully saturated rings. The molecule has 100 valence electrons. The lowest BCUT2D eigenvalue weighted by atomic mass is 10.2. The molecule has 3 N–H and O–H groups in total. The summed E-state index contributed by atoms with van der Waals surface area (Å²) in [6.45, 7) is 0.174. The van der Waals surface area contributed by atoms with E-state index in [9.17, 15) is 9.90 Å². The van der Waals surface area contributed by atoms with E-state index in [4.69, 9.17) is 4.74 Å². The number of para-hydroxylation sites is 1. The number of phenolic OH excluding ortho intramolecular Hbond substituents is 1. The standard InChI is InChI=1S/C11H12N4O3S/c1-18-8-4-2-3-7(9(8)16)5-12-10(17)14-11-15-13-6-19-11/h2-4,6,16H,5H2,1H3,(H2,12,14,15,17). The van der Waals surface area contributed by atoms with E-state index in [1.165, 1.54) is 24.0 Å². The minimum absolute atomic E-state index is 0.0150. The van der Waals surface area contributed by atoms with Crippen molar-refractivity contribution in [3.05, 3.63) is 29.3 Å². The maximum Gasteiger partial charge on any atom is 0.321 e. The van der Waals surface area contributed by atoms with Crippen LogP contribution < -0.4 is 15.4 Å². The van der Waals surface area contributed by atoms with Crippen LogP contribution in [0.5, 0.6) is 11.5 Å². The lowest BCUT2D eigenvalue weighted by Crippen LogP contribution is -2.28. The summed E-state index contributed by atoms with van der Waals surface area (Å²) in [5.74, 6) is 0.380. The van der Waals surface area contributed by atoms with Gasteiger partial charge in [0.15, 0.2) is 11.5 Å². The largest absolute Gasteiger partial charge is 0.504 e. The van der Waals surface area contributed by atoms with Gasteiger partial charge in [-0.2, -0.15) is 0 Å². The summed E-state index contributed by atoms with van der Waals surface area (Å²) in [7, 11) is 1.47. The zero-order chi connectivity index (χ0) is 13.7. The summed E-state index contributed by atoms with van der Waals surface area (Å²) in [6, 6.07) is 4.65. The van der Waals surface area contributed by atoms with Gasteiger partial charge in [0, 0.05) is 12.1 Å². The van der Waals surface area contributed by atoms with Crippen molar-refractivity contribution >= 4 is 22.5 Å². The van der Waals surface area contributed by atoms with Gasteiger partial charge >= 0.3 is 6.03 Å². The summed E-state index contributed by atoms with van der Waals surface area (Å²) in [4.78, 5) is 11.6. The summed E-state index contributed by atoms with van der Waals surface area (Å²) in [5.41, 5.74) is 2.08. The monoisotopic (exact) mass is 280 g/mol. The summed E-state index contributed by atoms with van der Waals surface area (Å²) < 4.78 is 4.98. The van der Waals surface area contributed by atoms with Crippen molar-refractivity contribution in [3.8, 4) is 11.5 Å². The van der Waals surface area contributed by atoms with Crippen LogP contribution in [0, 0.1) is 0 Å². The number of aromatic hydroxyl groups is 1. The SMILES string of the molecule is COc1cccc(CNC(=O)Nc2nncs2)c1O. The van der Waals surface area contributed by atoms with E-state index in [2.05, 4.69) is 20.8 Å². The number of amides is 2. The third-order valence-electron chi connectivity index (χ3n) is 2.32. The fraction of sp³-hybridized carbons (Fsp3) is 0.182. The van der Waals surface area contributed by atoms with Crippen LogP contribution in [-0.2, 0) is 6.54 Å². The van der Waals surface area contributed by atoms with Crippen LogP contribution >= 0.6 is 11.3 Å². The van der Waals surface area contributed by atoms with E-state index >= 15 is 0 Å². The van der Waals surface area contributed by atoms with Crippen molar-refractivity contribution in [3.63, 3.8) is 0 Å². The predicted octanol–water partition coefficient (Wildman–Crippen LogP) is 1.57. The molecule has 8 heteroatoms. The second kappa shape index (κ2) is 6.01. The molecule has 2 aromatic rings. The van der Waals surface area contributed by atoms with Crippen LogP contribution in [0.15, 0.2) is 23.7 Å². The lowest BCUT2D eigenvalue weighted by molar-refractivity contribution is 0.251. The van der Waals surface area contributed by atoms with Crippen LogP contribution in [0.1, 0.15) is 5.56 Å². The average molecular weight is 280 g/mol. The van der Waals surface area contributed by atoms with Gasteiger partial charge in [-0.25, -0.2) is 4.79 Å². The van der Waals surface area contributed by atoms with Gasteiger partial charge in [0.25, 0.3) is 0 Å². The number of hydrogen-bond acceptors (Lipinski definition) is 6. The summed E-state index contributed by atoms with van der Waals surface area (Å²) in [6.07, 6.45) is 0. The van der Waals surface area contributed by atoms with Crippen molar-refractivity contribution in [2.24, 2.45) is 0 Å². The van der Waals surface area contributed by atoms with E-state index in [0.29, 0.717) is 16.4 Å². The highest BCUT2D eigenvalue weighted by molar-refractivity contribution is 7.13. The minimum atomic E-state index is -0.418. The molecule has 0 aliphatic heterocycles. The van der Waals surface area contributed by atoms with Crippen molar-refractivity contribution in [2.75, 3.05) is 12.4 Å². The number of ether oxygens (including phenoxy) is 1. The van der Waals surface area contributed by atoms with Crippen molar-refractivity contribution in [2.45, 2.75) is 6.54 Å². The molecular weight excluding hydrogens is 268 g/mol. The van der Waals surface area contributed by atoms with Gasteiger partial charge in [0.2, 0.25) is 5.13 Å². The first-order valence-corrected chi connectivity index (χ1v) is 6.24. The number of aromatic nitrogens is 2. The lowest BCUT2D eigenvalue weighted by Gasteiger charge is -2.09. The molecule has 0 saturated carbocycles. The second-order valence-corrected chi connectivity index (χ2v) is 4.35. The van der Waals surface area contributed by atoms with Gasteiger partial charge in [-0.05, 0) is 6.07 Å². The number of nitrogens with one attached hydrogen (secondary N) is 2. The molecule has 0 aliphatic rings. The zero-order valence-corrected chi connectivity index (χ0v) is 10.9. The second-order valence-electron chi connectivity index (χ2n) is 3.52. The Balaban J connectivity index is 1.93. The third kappa shape index (κ3) is 3.32. The molecule has 1 heterocycles. The van der Waals surface area contributed by atoms with Crippen molar-refractivity contribution in [1.82, 2.24) is 15.5 Å². The molecule has 0 saturated heterocycles. The number of hydrogen-bond donors (Lipinski definition) is 3. The quantitative estimate of drug-likeness (QED) is 0.790. The zero-order valence-electron chi connectivity index (χ0n) is 10.1. The molecule has 0 unspecified atom stereocenters. The predicted molar refractivity (Wildman–Crippen MR) is 70.4 cm³/mol. The van der Waals surface area contributed by atoms with E-state index in [-0.39, 0.29) is 12.3 Å². The van der Waals surface area contributed by atoms with E-state index in [1.54, 1.807) is 18.2 Å². The Hall–Kier alpha value is -2.35. The van der Waals surface area contributed by atoms with Crippen LogP contribution in [0.4, 0.5) is 9.93 Å². The van der Waals surface area contributed by atoms with Gasteiger partial charge in [0.05, 0.1) is 7.11 Å². The molecule has 0 spiro atoms. The summed E-state index contributed by atoms with van der Waals surface area (Å²) >= 11 is 1.22. The average Bonchev–Trinajstić information content (AvgIpc) is 2.90. The number of anilines is 1. The van der Waals surface area contributed by atoms with Crippen molar-refractivity contribution < 1.29 is 14.6 Å². The molecule has 19 heavy (non-hydrogen) atoms. The van der Waals surface area contributed by atoms with Crippen LogP contribution in [0.2, 0.25) is 0 Å². The molecule has 2 amide bonds. The van der Waals surface area contributed by atoms with E-state index in [1.807, 2.05) is 0 Å². The molecule has 0 bridgehead atoms. The third-order valence-corrected chi connectivity index (χ3v) is 2.93. The topological polar surface area (TPSA) is 96.4 Å². The molecule has 1 aromatic heterocycles. The number of carbonyl (C=O) groups is 1. The van der Waals surface area contributed by atoms with Gasteiger partial charge in [-0.15, -0.1) is 10.2 Å². The summed E-state index contributed by atoms with van der Waals surface area (Å²) in [5, 5.41) is 22.7. The number of urea groups is 1. The fourth-order valence-electron chi connectivity index (χ4n) is 1.42. The Labute approximate surface area is 113 Å². The van der Waals surface area contributed by atoms with Crippen LogP contribution in [-0.4, -0.2) is 28.4 Å². The minimum Gasteiger partial charge on any atom is -0.504 e. The number of carbonyl (C=O) groups excluding carboxylic acids is 1. The number of methoxy groups -OCH3 is 1. The van der Waals surface area contributed by atoms with Crippen LogP contribution in [0.3, 0.4) is 0 Å². The number of phenols is 1. The van der Waals surface area contributed by atoms with Crippen molar-refractivity contribution in [1.29, 1.82) is 0 Å². The number of benzene rings is 1. The molecule has 7 nitrogen and oxygen atoms in total. The highest BCUT2D eigenvalue weighted by Gasteiger charge is 2.09. The first-order valence-electron chi connectivity index (χ1n) is 5.36. The maximum absolute atomic E-state index is 11.6. The Bertz CT molecular complexity index is 559. The molecule has 2 rings (SSSR count). The molecule has 0 aliphatic carbocycles.